The Morgan fingerprint density at radius 1 is 1.18 bits per heavy atom. The molecule has 58 valence electrons. The second kappa shape index (κ2) is 2.65. The van der Waals surface area contributed by atoms with Gasteiger partial charge in [-0.15, -0.1) is 0 Å². The van der Waals surface area contributed by atoms with Crippen LogP contribution in [0.2, 0.25) is 0 Å². The molecule has 0 bridgehead atoms. The van der Waals surface area contributed by atoms with Crippen LogP contribution in [0.1, 0.15) is 32.1 Å². The lowest BCUT2D eigenvalue weighted by atomic mass is 10.1. The molecule has 1 saturated carbocycles. The van der Waals surface area contributed by atoms with Crippen molar-refractivity contribution in [1.82, 2.24) is 0 Å². The second-order valence-corrected chi connectivity index (χ2v) is 3.22. The maximum Gasteiger partial charge on any atom is 0.159 e. The molecule has 0 atom stereocenters. The van der Waals surface area contributed by atoms with Crippen molar-refractivity contribution in [2.75, 3.05) is 0 Å². The zero-order valence-corrected chi connectivity index (χ0v) is 6.60. The van der Waals surface area contributed by atoms with Gasteiger partial charge in [-0.25, -0.2) is 0 Å². The van der Waals surface area contributed by atoms with Gasteiger partial charge in [0, 0.05) is 6.42 Å². The highest BCUT2D eigenvalue weighted by molar-refractivity contribution is 5.98. The number of hydrogen-bond donors (Lipinski definition) is 0. The van der Waals surface area contributed by atoms with Gasteiger partial charge in [0.1, 0.15) is 0 Å². The van der Waals surface area contributed by atoms with E-state index in [1.54, 1.807) is 0 Å². The number of rotatable bonds is 0. The van der Waals surface area contributed by atoms with E-state index in [0.717, 1.165) is 37.7 Å². The van der Waals surface area contributed by atoms with Crippen LogP contribution < -0.4 is 0 Å². The lowest BCUT2D eigenvalue weighted by molar-refractivity contribution is -0.114. The Hall–Kier alpha value is -0.850. The summed E-state index contributed by atoms with van der Waals surface area (Å²) in [4.78, 5) is 11.3. The van der Waals surface area contributed by atoms with Crippen LogP contribution >= 0.6 is 0 Å². The molecule has 1 fully saturated rings. The zero-order chi connectivity index (χ0) is 7.68. The first-order chi connectivity index (χ1) is 5.38. The molecular weight excluding hydrogens is 136 g/mol. The summed E-state index contributed by atoms with van der Waals surface area (Å²) in [7, 11) is 0. The summed E-state index contributed by atoms with van der Waals surface area (Å²) in [6, 6.07) is 0. The highest BCUT2D eigenvalue weighted by Gasteiger charge is 2.20. The van der Waals surface area contributed by atoms with Crippen LogP contribution in [0.25, 0.3) is 0 Å². The van der Waals surface area contributed by atoms with E-state index >= 15 is 0 Å². The first kappa shape index (κ1) is 6.84. The molecule has 0 aliphatic heterocycles. The molecule has 2 rings (SSSR count). The van der Waals surface area contributed by atoms with E-state index in [4.69, 9.17) is 0 Å². The molecule has 0 amide bonds. The third-order valence-electron chi connectivity index (χ3n) is 2.45. The van der Waals surface area contributed by atoms with E-state index in [1.165, 1.54) is 5.57 Å². The molecule has 0 spiro atoms. The highest BCUT2D eigenvalue weighted by Crippen LogP contribution is 2.29. The number of carbonyl (C=O) groups excluding carboxylic acids is 1. The summed E-state index contributed by atoms with van der Waals surface area (Å²) < 4.78 is 0. The Labute approximate surface area is 66.8 Å². The van der Waals surface area contributed by atoms with Gasteiger partial charge in [0.05, 0.1) is 0 Å². The fourth-order valence-corrected chi connectivity index (χ4v) is 1.85. The van der Waals surface area contributed by atoms with E-state index in [0.29, 0.717) is 5.78 Å². The lowest BCUT2D eigenvalue weighted by Crippen LogP contribution is -1.94. The SMILES string of the molecule is O=C1CCCC1=C1C=CCC1. The van der Waals surface area contributed by atoms with E-state index in [-0.39, 0.29) is 0 Å². The first-order valence-corrected chi connectivity index (χ1v) is 4.30. The minimum atomic E-state index is 0.395. The topological polar surface area (TPSA) is 17.1 Å². The summed E-state index contributed by atoms with van der Waals surface area (Å²) in [6.07, 6.45) is 9.40. The molecule has 0 unspecified atom stereocenters. The van der Waals surface area contributed by atoms with Crippen LogP contribution in [0.5, 0.6) is 0 Å². The Morgan fingerprint density at radius 3 is 2.64 bits per heavy atom. The molecule has 0 aromatic rings. The third-order valence-corrected chi connectivity index (χ3v) is 2.45. The van der Waals surface area contributed by atoms with Gasteiger partial charge in [0.2, 0.25) is 0 Å². The number of allylic oxidation sites excluding steroid dienone is 4. The molecule has 0 radical (unpaired) electrons. The molecule has 0 N–H and O–H groups in total. The van der Waals surface area contributed by atoms with Crippen molar-refractivity contribution < 1.29 is 4.79 Å². The van der Waals surface area contributed by atoms with Gasteiger partial charge in [0.15, 0.2) is 5.78 Å². The highest BCUT2D eigenvalue weighted by atomic mass is 16.1. The van der Waals surface area contributed by atoms with E-state index < -0.39 is 0 Å². The first-order valence-electron chi connectivity index (χ1n) is 4.30. The van der Waals surface area contributed by atoms with Gasteiger partial charge in [-0.2, -0.15) is 0 Å². The Morgan fingerprint density at radius 2 is 2.09 bits per heavy atom. The molecule has 1 nitrogen and oxygen atoms in total. The van der Waals surface area contributed by atoms with Gasteiger partial charge in [0.25, 0.3) is 0 Å². The predicted molar refractivity (Wildman–Crippen MR) is 44.3 cm³/mol. The molecule has 0 heterocycles. The summed E-state index contributed by atoms with van der Waals surface area (Å²) in [5, 5.41) is 0. The quantitative estimate of drug-likeness (QED) is 0.482. The number of carbonyl (C=O) groups is 1. The molecule has 1 heteroatoms. The second-order valence-electron chi connectivity index (χ2n) is 3.22. The summed E-state index contributed by atoms with van der Waals surface area (Å²) >= 11 is 0. The Kier molecular flexibility index (Phi) is 1.65. The number of hydrogen-bond acceptors (Lipinski definition) is 1. The van der Waals surface area contributed by atoms with Crippen molar-refractivity contribution in [3.05, 3.63) is 23.3 Å². The smallest absolute Gasteiger partial charge is 0.159 e. The van der Waals surface area contributed by atoms with Crippen molar-refractivity contribution in [3.63, 3.8) is 0 Å². The van der Waals surface area contributed by atoms with Crippen molar-refractivity contribution >= 4 is 5.78 Å². The molecule has 2 aliphatic carbocycles. The average molecular weight is 148 g/mol. The molecule has 2 aliphatic rings. The van der Waals surface area contributed by atoms with Crippen LogP contribution in [0, 0.1) is 0 Å². The lowest BCUT2D eigenvalue weighted by Gasteiger charge is -1.98. The van der Waals surface area contributed by atoms with Gasteiger partial charge in [-0.1, -0.05) is 12.2 Å². The summed E-state index contributed by atoms with van der Waals surface area (Å²) in [5.41, 5.74) is 2.44. The molecule has 11 heavy (non-hydrogen) atoms. The minimum absolute atomic E-state index is 0.395. The predicted octanol–water partition coefficient (Wildman–Crippen LogP) is 2.39. The van der Waals surface area contributed by atoms with E-state index in [9.17, 15) is 4.79 Å². The average Bonchev–Trinajstić information content (AvgIpc) is 2.55. The fourth-order valence-electron chi connectivity index (χ4n) is 1.85. The Bertz CT molecular complexity index is 246. The Balaban J connectivity index is 2.30. The monoisotopic (exact) mass is 148 g/mol. The maximum absolute atomic E-state index is 11.3. The molecule has 0 aromatic carbocycles. The van der Waals surface area contributed by atoms with Gasteiger partial charge < -0.3 is 0 Å². The van der Waals surface area contributed by atoms with Gasteiger partial charge >= 0.3 is 0 Å². The van der Waals surface area contributed by atoms with Crippen molar-refractivity contribution in [3.8, 4) is 0 Å². The normalized spacial score (nSPS) is 30.4. The molecule has 0 aromatic heterocycles. The third kappa shape index (κ3) is 1.15. The van der Waals surface area contributed by atoms with Crippen LogP contribution in [0.3, 0.4) is 0 Å². The fraction of sp³-hybridized carbons (Fsp3) is 0.500. The van der Waals surface area contributed by atoms with Crippen LogP contribution in [-0.2, 0) is 4.79 Å². The van der Waals surface area contributed by atoms with Crippen molar-refractivity contribution in [2.24, 2.45) is 0 Å². The molecular formula is C10H12O. The maximum atomic E-state index is 11.3. The van der Waals surface area contributed by atoms with E-state index in [1.807, 2.05) is 0 Å². The van der Waals surface area contributed by atoms with Crippen LogP contribution in [0.4, 0.5) is 0 Å². The number of ketones is 1. The largest absolute Gasteiger partial charge is 0.295 e. The van der Waals surface area contributed by atoms with Crippen LogP contribution in [-0.4, -0.2) is 5.78 Å². The van der Waals surface area contributed by atoms with Crippen molar-refractivity contribution in [2.45, 2.75) is 32.1 Å². The number of Topliss-reactive ketones (excluding diaryl/α,β-unsaturated/α-hetero) is 1. The van der Waals surface area contributed by atoms with Crippen molar-refractivity contribution in [1.29, 1.82) is 0 Å². The van der Waals surface area contributed by atoms with E-state index in [2.05, 4.69) is 12.2 Å². The standard InChI is InChI=1S/C10H12O/c11-10-7-3-6-9(10)8-4-1-2-5-8/h1,4H,2-3,5-7H2. The van der Waals surface area contributed by atoms with Crippen LogP contribution in [0.15, 0.2) is 23.3 Å². The zero-order valence-electron chi connectivity index (χ0n) is 6.60. The minimum Gasteiger partial charge on any atom is -0.295 e. The van der Waals surface area contributed by atoms with Gasteiger partial charge in [-0.05, 0) is 36.8 Å². The summed E-state index contributed by atoms with van der Waals surface area (Å²) in [5.74, 6) is 0.395. The molecule has 0 saturated heterocycles. The summed E-state index contributed by atoms with van der Waals surface area (Å²) in [6.45, 7) is 0. The van der Waals surface area contributed by atoms with Gasteiger partial charge in [-0.3, -0.25) is 4.79 Å².